The van der Waals surface area contributed by atoms with Crippen molar-refractivity contribution in [3.63, 3.8) is 0 Å². The number of rotatable bonds is 7. The van der Waals surface area contributed by atoms with Gasteiger partial charge in [-0.25, -0.2) is 9.78 Å². The Hall–Kier alpha value is -2.84. The second-order valence-corrected chi connectivity index (χ2v) is 4.90. The number of aryl methyl sites for hydroxylation is 2. The Labute approximate surface area is 136 Å². The van der Waals surface area contributed by atoms with Crippen LogP contribution in [0.5, 0.6) is 5.75 Å². The topological polar surface area (TPSA) is 82.8 Å². The van der Waals surface area contributed by atoms with E-state index in [2.05, 4.69) is 14.9 Å². The number of benzene rings is 1. The van der Waals surface area contributed by atoms with Crippen molar-refractivity contribution in [2.75, 3.05) is 6.61 Å². The van der Waals surface area contributed by atoms with Crippen molar-refractivity contribution >= 4 is 11.8 Å². The molecule has 1 aromatic heterocycles. The number of halogens is 2. The third-order valence-corrected chi connectivity index (χ3v) is 3.32. The predicted octanol–water partition coefficient (Wildman–Crippen LogP) is 3.36. The molecule has 2 aromatic rings. The molecule has 0 amide bonds. The molecule has 0 spiro atoms. The maximum Gasteiger partial charge on any atom is 0.387 e. The smallest absolute Gasteiger partial charge is 0.387 e. The van der Waals surface area contributed by atoms with Crippen LogP contribution in [-0.2, 0) is 11.3 Å². The standard InChI is InChI=1S/C15H15F2N3O4/c1-9-3-4-11(7-12(9)24-15(16)17)14(21)23-6-5-20-10(2)18-8-13(20)19-22/h3-4,7-8,15H,5-6H2,1-2H3. The molecule has 7 nitrogen and oxygen atoms in total. The molecule has 1 heterocycles. The summed E-state index contributed by atoms with van der Waals surface area (Å²) in [6.07, 6.45) is 1.32. The normalized spacial score (nSPS) is 10.7. The molecule has 2 rings (SSSR count). The van der Waals surface area contributed by atoms with Gasteiger partial charge in [0.2, 0.25) is 0 Å². The second-order valence-electron chi connectivity index (χ2n) is 4.90. The first-order valence-corrected chi connectivity index (χ1v) is 7.00. The highest BCUT2D eigenvalue weighted by Crippen LogP contribution is 2.22. The summed E-state index contributed by atoms with van der Waals surface area (Å²) in [4.78, 5) is 26.5. The van der Waals surface area contributed by atoms with Gasteiger partial charge in [0, 0.05) is 0 Å². The first-order valence-electron chi connectivity index (χ1n) is 7.00. The quantitative estimate of drug-likeness (QED) is 0.570. The van der Waals surface area contributed by atoms with Crippen LogP contribution in [-0.4, -0.2) is 28.7 Å². The fourth-order valence-electron chi connectivity index (χ4n) is 2.07. The van der Waals surface area contributed by atoms with Gasteiger partial charge in [0.15, 0.2) is 5.82 Å². The summed E-state index contributed by atoms with van der Waals surface area (Å²) < 4.78 is 35.6. The van der Waals surface area contributed by atoms with Gasteiger partial charge in [-0.1, -0.05) is 6.07 Å². The van der Waals surface area contributed by atoms with Crippen molar-refractivity contribution in [3.05, 3.63) is 46.3 Å². The summed E-state index contributed by atoms with van der Waals surface area (Å²) in [6.45, 7) is 0.462. The lowest BCUT2D eigenvalue weighted by molar-refractivity contribution is -0.0503. The SMILES string of the molecule is Cc1ccc(C(=O)OCCn2c(N=O)cnc2C)cc1OC(F)F. The zero-order valence-corrected chi connectivity index (χ0v) is 13.0. The van der Waals surface area contributed by atoms with E-state index in [-0.39, 0.29) is 30.3 Å². The van der Waals surface area contributed by atoms with Crippen LogP contribution < -0.4 is 4.74 Å². The fourth-order valence-corrected chi connectivity index (χ4v) is 2.07. The summed E-state index contributed by atoms with van der Waals surface area (Å²) in [5.41, 5.74) is 0.565. The number of carbonyl (C=O) groups excluding carboxylic acids is 1. The summed E-state index contributed by atoms with van der Waals surface area (Å²) in [7, 11) is 0. The van der Waals surface area contributed by atoms with Gasteiger partial charge < -0.3 is 14.0 Å². The number of alkyl halides is 2. The highest BCUT2D eigenvalue weighted by atomic mass is 19.3. The largest absolute Gasteiger partial charge is 0.460 e. The van der Waals surface area contributed by atoms with E-state index in [4.69, 9.17) is 4.74 Å². The zero-order valence-electron chi connectivity index (χ0n) is 13.0. The third-order valence-electron chi connectivity index (χ3n) is 3.32. The fraction of sp³-hybridized carbons (Fsp3) is 0.333. The Balaban J connectivity index is 2.00. The first kappa shape index (κ1) is 17.5. The molecule has 9 heteroatoms. The Morgan fingerprint density at radius 1 is 1.38 bits per heavy atom. The minimum Gasteiger partial charge on any atom is -0.460 e. The van der Waals surface area contributed by atoms with Gasteiger partial charge in [-0.05, 0) is 36.7 Å². The van der Waals surface area contributed by atoms with E-state index >= 15 is 0 Å². The summed E-state index contributed by atoms with van der Waals surface area (Å²) in [5.74, 6) is -0.0834. The van der Waals surface area contributed by atoms with E-state index < -0.39 is 12.6 Å². The Kier molecular flexibility index (Phi) is 5.56. The lowest BCUT2D eigenvalue weighted by Gasteiger charge is -2.11. The average molecular weight is 339 g/mol. The summed E-state index contributed by atoms with van der Waals surface area (Å²) in [5, 5.41) is 2.82. The lowest BCUT2D eigenvalue weighted by atomic mass is 10.1. The van der Waals surface area contributed by atoms with Crippen molar-refractivity contribution in [2.45, 2.75) is 27.0 Å². The van der Waals surface area contributed by atoms with Crippen molar-refractivity contribution in [2.24, 2.45) is 5.18 Å². The number of carbonyl (C=O) groups is 1. The summed E-state index contributed by atoms with van der Waals surface area (Å²) >= 11 is 0. The molecular weight excluding hydrogens is 324 g/mol. The highest BCUT2D eigenvalue weighted by molar-refractivity contribution is 5.90. The Morgan fingerprint density at radius 2 is 2.12 bits per heavy atom. The van der Waals surface area contributed by atoms with Gasteiger partial charge in [0.25, 0.3) is 0 Å². The summed E-state index contributed by atoms with van der Waals surface area (Å²) in [6, 6.07) is 4.14. The van der Waals surface area contributed by atoms with Crippen LogP contribution in [0.2, 0.25) is 0 Å². The second kappa shape index (κ2) is 7.62. The molecule has 0 saturated heterocycles. The monoisotopic (exact) mass is 339 g/mol. The van der Waals surface area contributed by atoms with Gasteiger partial charge >= 0.3 is 12.6 Å². The van der Waals surface area contributed by atoms with Crippen molar-refractivity contribution in [3.8, 4) is 5.75 Å². The van der Waals surface area contributed by atoms with E-state index in [0.29, 0.717) is 11.4 Å². The van der Waals surface area contributed by atoms with Crippen LogP contribution in [0.25, 0.3) is 0 Å². The molecular formula is C15H15F2N3O4. The van der Waals surface area contributed by atoms with Gasteiger partial charge in [0.1, 0.15) is 18.2 Å². The van der Waals surface area contributed by atoms with Crippen LogP contribution in [0.15, 0.2) is 29.6 Å². The van der Waals surface area contributed by atoms with Gasteiger partial charge in [-0.3, -0.25) is 0 Å². The first-order chi connectivity index (χ1) is 11.4. The molecule has 0 aliphatic rings. The minimum absolute atomic E-state index is 0.0303. The number of imidazole rings is 1. The Bertz CT molecular complexity index is 746. The predicted molar refractivity (Wildman–Crippen MR) is 80.5 cm³/mol. The average Bonchev–Trinajstić information content (AvgIpc) is 2.89. The minimum atomic E-state index is -2.98. The molecule has 0 aliphatic heterocycles. The van der Waals surface area contributed by atoms with Crippen LogP contribution in [0, 0.1) is 18.8 Å². The van der Waals surface area contributed by atoms with E-state index in [0.717, 1.165) is 0 Å². The molecule has 0 aliphatic carbocycles. The van der Waals surface area contributed by atoms with E-state index in [1.807, 2.05) is 0 Å². The van der Waals surface area contributed by atoms with Gasteiger partial charge in [-0.15, -0.1) is 4.91 Å². The molecule has 128 valence electrons. The van der Waals surface area contributed by atoms with Crippen molar-refractivity contribution < 1.29 is 23.0 Å². The number of hydrogen-bond donors (Lipinski definition) is 0. The van der Waals surface area contributed by atoms with Crippen molar-refractivity contribution in [1.82, 2.24) is 9.55 Å². The lowest BCUT2D eigenvalue weighted by Crippen LogP contribution is -2.13. The molecule has 1 aromatic carbocycles. The number of aromatic nitrogens is 2. The molecule has 0 saturated carbocycles. The van der Waals surface area contributed by atoms with Crippen LogP contribution >= 0.6 is 0 Å². The number of ether oxygens (including phenoxy) is 2. The molecule has 24 heavy (non-hydrogen) atoms. The van der Waals surface area contributed by atoms with Crippen molar-refractivity contribution in [1.29, 1.82) is 0 Å². The Morgan fingerprint density at radius 3 is 2.79 bits per heavy atom. The van der Waals surface area contributed by atoms with Gasteiger partial charge in [-0.2, -0.15) is 8.78 Å². The number of nitrogens with zero attached hydrogens (tertiary/aromatic N) is 3. The molecule has 0 N–H and O–H groups in total. The maximum atomic E-state index is 12.3. The zero-order chi connectivity index (χ0) is 17.7. The van der Waals surface area contributed by atoms with Gasteiger partial charge in [0.05, 0.1) is 18.3 Å². The molecule has 0 atom stereocenters. The van der Waals surface area contributed by atoms with E-state index in [1.54, 1.807) is 13.8 Å². The number of esters is 1. The van der Waals surface area contributed by atoms with Crippen LogP contribution in [0.1, 0.15) is 21.7 Å². The maximum absolute atomic E-state index is 12.3. The molecule has 0 unspecified atom stereocenters. The molecule has 0 radical (unpaired) electrons. The third kappa shape index (κ3) is 4.12. The van der Waals surface area contributed by atoms with E-state index in [9.17, 15) is 18.5 Å². The molecule has 0 fully saturated rings. The number of nitroso groups, excluding NO2 is 1. The van der Waals surface area contributed by atoms with E-state index in [1.165, 1.54) is 29.0 Å². The van der Waals surface area contributed by atoms with Crippen LogP contribution in [0.4, 0.5) is 14.6 Å². The number of hydrogen-bond acceptors (Lipinski definition) is 6. The highest BCUT2D eigenvalue weighted by Gasteiger charge is 2.14. The van der Waals surface area contributed by atoms with Crippen LogP contribution in [0.3, 0.4) is 0 Å². The molecule has 0 bridgehead atoms.